The summed E-state index contributed by atoms with van der Waals surface area (Å²) in [7, 11) is 1.75. The Morgan fingerprint density at radius 1 is 1.06 bits per heavy atom. The largest absolute Gasteiger partial charge is 0.372 e. The molecular weight excluding hydrogens is 428 g/mol. The van der Waals surface area contributed by atoms with Crippen molar-refractivity contribution < 1.29 is 14.4 Å². The van der Waals surface area contributed by atoms with Crippen LogP contribution in [0.3, 0.4) is 0 Å². The van der Waals surface area contributed by atoms with Gasteiger partial charge in [-0.15, -0.1) is 0 Å². The second-order valence-electron chi connectivity index (χ2n) is 9.91. The van der Waals surface area contributed by atoms with Crippen LogP contribution in [0.1, 0.15) is 69.9 Å². The quantitative estimate of drug-likeness (QED) is 0.573. The molecule has 0 aromatic heterocycles. The number of nitrogens with zero attached hydrogens (tertiary/aromatic N) is 1. The number of fused-ring (bicyclic) bond motifs is 1. The summed E-state index contributed by atoms with van der Waals surface area (Å²) in [6.45, 7) is 5.54. The Morgan fingerprint density at radius 3 is 2.15 bits per heavy atom. The average Bonchev–Trinajstić information content (AvgIpc) is 3.43. The fourth-order valence-corrected chi connectivity index (χ4v) is 5.45. The number of hydrogen-bond acceptors (Lipinski definition) is 4. The summed E-state index contributed by atoms with van der Waals surface area (Å²) >= 11 is 0. The molecule has 34 heavy (non-hydrogen) atoms. The van der Waals surface area contributed by atoms with E-state index in [4.69, 9.17) is 4.79 Å². The first kappa shape index (κ1) is 27.8. The highest BCUT2D eigenvalue weighted by Gasteiger charge is 2.36. The number of likely N-dealkylation sites (tertiary alicyclic amines) is 1. The lowest BCUT2D eigenvalue weighted by molar-refractivity contribution is -0.138. The van der Waals surface area contributed by atoms with Crippen molar-refractivity contribution in [1.82, 2.24) is 15.5 Å². The number of rotatable bonds is 5. The van der Waals surface area contributed by atoms with Crippen LogP contribution in [0.4, 0.5) is 0 Å². The lowest BCUT2D eigenvalue weighted by Gasteiger charge is -2.34. The standard InChI is InChI=1S/C16H29N3O2.C10H12.CH3NO/c1-12-7-6-10-19(12)16(21)15(18-14(20)11-17-2)13-8-4-3-5-9-13;1-8-6-9-4-2-3-5-10(9)7-8;2-1-3/h12-13,15,17H,3-11H2,1-2H3,(H,18,20);2-5,8H,6-7H2,1H3;1H,(H2,2,3). The van der Waals surface area contributed by atoms with Crippen molar-refractivity contribution >= 4 is 18.2 Å². The van der Waals surface area contributed by atoms with Crippen LogP contribution in [0.5, 0.6) is 0 Å². The number of nitrogens with two attached hydrogens (primary N) is 1. The Labute approximate surface area is 205 Å². The van der Waals surface area contributed by atoms with E-state index in [1.54, 1.807) is 18.2 Å². The summed E-state index contributed by atoms with van der Waals surface area (Å²) in [6.07, 6.45) is 10.7. The molecule has 1 heterocycles. The van der Waals surface area contributed by atoms with Crippen molar-refractivity contribution in [2.45, 2.75) is 83.7 Å². The third-order valence-electron chi connectivity index (χ3n) is 7.13. The molecule has 4 N–H and O–H groups in total. The number of nitrogens with one attached hydrogen (secondary N) is 2. The smallest absolute Gasteiger partial charge is 0.245 e. The summed E-state index contributed by atoms with van der Waals surface area (Å²) in [5.41, 5.74) is 7.30. The molecule has 190 valence electrons. The van der Waals surface area contributed by atoms with Crippen molar-refractivity contribution in [3.05, 3.63) is 35.4 Å². The summed E-state index contributed by atoms with van der Waals surface area (Å²) < 4.78 is 0. The first-order valence-electron chi connectivity index (χ1n) is 12.9. The van der Waals surface area contributed by atoms with Gasteiger partial charge in [0.05, 0.1) is 6.54 Å². The number of likely N-dealkylation sites (N-methyl/N-ethyl adjacent to an activating group) is 1. The maximum atomic E-state index is 12.9. The predicted octanol–water partition coefficient (Wildman–Crippen LogP) is 2.80. The van der Waals surface area contributed by atoms with Crippen molar-refractivity contribution in [2.75, 3.05) is 20.1 Å². The SMILES string of the molecule is CC1Cc2ccccc2C1.CNCC(=O)NC(C(=O)N1CCCC1C)C1CCCCC1.NC=O. The topological polar surface area (TPSA) is 105 Å². The van der Waals surface area contributed by atoms with E-state index in [2.05, 4.69) is 54.5 Å². The first-order valence-corrected chi connectivity index (χ1v) is 12.9. The Hall–Kier alpha value is -2.41. The molecule has 3 aliphatic rings. The van der Waals surface area contributed by atoms with Gasteiger partial charge in [0.1, 0.15) is 6.04 Å². The van der Waals surface area contributed by atoms with Crippen LogP contribution in [0.2, 0.25) is 0 Å². The van der Waals surface area contributed by atoms with Crippen LogP contribution >= 0.6 is 0 Å². The third-order valence-corrected chi connectivity index (χ3v) is 7.13. The molecule has 2 fully saturated rings. The molecule has 7 nitrogen and oxygen atoms in total. The van der Waals surface area contributed by atoms with Gasteiger partial charge >= 0.3 is 0 Å². The van der Waals surface area contributed by atoms with Crippen LogP contribution in [-0.2, 0) is 27.2 Å². The highest BCUT2D eigenvalue weighted by Crippen LogP contribution is 2.29. The van der Waals surface area contributed by atoms with E-state index in [0.717, 1.165) is 38.1 Å². The summed E-state index contributed by atoms with van der Waals surface area (Å²) in [5.74, 6) is 1.24. The Morgan fingerprint density at radius 2 is 1.65 bits per heavy atom. The van der Waals surface area contributed by atoms with Crippen LogP contribution in [0.15, 0.2) is 24.3 Å². The second kappa shape index (κ2) is 14.8. The minimum Gasteiger partial charge on any atom is -0.372 e. The lowest BCUT2D eigenvalue weighted by atomic mass is 9.83. The fourth-order valence-electron chi connectivity index (χ4n) is 5.45. The number of hydrogen-bond donors (Lipinski definition) is 3. The minimum atomic E-state index is -0.327. The van der Waals surface area contributed by atoms with E-state index in [9.17, 15) is 9.59 Å². The zero-order chi connectivity index (χ0) is 24.9. The number of amides is 3. The van der Waals surface area contributed by atoms with Crippen molar-refractivity contribution in [2.24, 2.45) is 17.6 Å². The molecule has 3 amide bonds. The molecule has 1 aliphatic heterocycles. The molecule has 2 unspecified atom stereocenters. The normalized spacial score (nSPS) is 20.8. The molecular formula is C27H44N4O3. The number of carbonyl (C=O) groups excluding carboxylic acids is 3. The Balaban J connectivity index is 0.000000258. The number of carbonyl (C=O) groups is 3. The van der Waals surface area contributed by atoms with E-state index in [0.29, 0.717) is 12.0 Å². The fraction of sp³-hybridized carbons (Fsp3) is 0.667. The van der Waals surface area contributed by atoms with Crippen LogP contribution < -0.4 is 16.4 Å². The molecule has 7 heteroatoms. The monoisotopic (exact) mass is 472 g/mol. The van der Waals surface area contributed by atoms with Gasteiger partial charge in [0.2, 0.25) is 18.2 Å². The highest BCUT2D eigenvalue weighted by atomic mass is 16.2. The van der Waals surface area contributed by atoms with Crippen molar-refractivity contribution in [3.63, 3.8) is 0 Å². The van der Waals surface area contributed by atoms with Crippen LogP contribution in [0.25, 0.3) is 0 Å². The van der Waals surface area contributed by atoms with Crippen LogP contribution in [-0.4, -0.2) is 55.3 Å². The molecule has 2 aliphatic carbocycles. The van der Waals surface area contributed by atoms with E-state index in [-0.39, 0.29) is 30.8 Å². The molecule has 0 radical (unpaired) electrons. The number of primary amides is 1. The van der Waals surface area contributed by atoms with E-state index in [1.165, 1.54) is 32.1 Å². The van der Waals surface area contributed by atoms with Crippen molar-refractivity contribution in [1.29, 1.82) is 0 Å². The molecule has 2 atom stereocenters. The van der Waals surface area contributed by atoms with E-state index in [1.807, 2.05) is 4.90 Å². The molecule has 1 aromatic carbocycles. The molecule has 4 rings (SSSR count). The van der Waals surface area contributed by atoms with Gasteiger partial charge < -0.3 is 21.3 Å². The number of benzene rings is 1. The van der Waals surface area contributed by atoms with Gasteiger partial charge in [-0.1, -0.05) is 50.5 Å². The van der Waals surface area contributed by atoms with Crippen molar-refractivity contribution in [3.8, 4) is 0 Å². The van der Waals surface area contributed by atoms with Gasteiger partial charge in [0, 0.05) is 12.6 Å². The van der Waals surface area contributed by atoms with Gasteiger partial charge in [0.15, 0.2) is 0 Å². The second-order valence-corrected chi connectivity index (χ2v) is 9.91. The summed E-state index contributed by atoms with van der Waals surface area (Å²) in [6, 6.07) is 8.75. The summed E-state index contributed by atoms with van der Waals surface area (Å²) in [5, 5.41) is 5.85. The van der Waals surface area contributed by atoms with Gasteiger partial charge in [0.25, 0.3) is 0 Å². The van der Waals surface area contributed by atoms with Gasteiger partial charge in [-0.2, -0.15) is 0 Å². The lowest BCUT2D eigenvalue weighted by Crippen LogP contribution is -2.54. The van der Waals surface area contributed by atoms with Gasteiger partial charge in [-0.3, -0.25) is 14.4 Å². The zero-order valence-corrected chi connectivity index (χ0v) is 21.2. The molecule has 1 saturated carbocycles. The molecule has 1 aromatic rings. The maximum Gasteiger partial charge on any atom is 0.245 e. The van der Waals surface area contributed by atoms with Gasteiger partial charge in [-0.25, -0.2) is 0 Å². The zero-order valence-electron chi connectivity index (χ0n) is 21.2. The Bertz CT molecular complexity index is 754. The average molecular weight is 473 g/mol. The van der Waals surface area contributed by atoms with E-state index >= 15 is 0 Å². The minimum absolute atomic E-state index is 0.0757. The first-order chi connectivity index (χ1) is 16.4. The third kappa shape index (κ3) is 8.42. The molecule has 0 spiro atoms. The molecule has 0 bridgehead atoms. The van der Waals surface area contributed by atoms with Crippen LogP contribution in [0, 0.1) is 11.8 Å². The van der Waals surface area contributed by atoms with E-state index < -0.39 is 0 Å². The summed E-state index contributed by atoms with van der Waals surface area (Å²) in [4.78, 5) is 35.4. The predicted molar refractivity (Wildman–Crippen MR) is 136 cm³/mol. The Kier molecular flexibility index (Phi) is 12.1. The highest BCUT2D eigenvalue weighted by molar-refractivity contribution is 5.89. The van der Waals surface area contributed by atoms with Gasteiger partial charge in [-0.05, 0) is 75.5 Å². The maximum absolute atomic E-state index is 12.9. The molecule has 1 saturated heterocycles.